The Morgan fingerprint density at radius 1 is 1.32 bits per heavy atom. The molecule has 0 aliphatic heterocycles. The van der Waals surface area contributed by atoms with Gasteiger partial charge in [0.25, 0.3) is 0 Å². The molecule has 0 saturated heterocycles. The Hall–Kier alpha value is -1.47. The third-order valence-electron chi connectivity index (χ3n) is 2.60. The molecule has 4 nitrogen and oxygen atoms in total. The Morgan fingerprint density at radius 2 is 1.91 bits per heavy atom. The van der Waals surface area contributed by atoms with Crippen molar-refractivity contribution in [3.63, 3.8) is 0 Å². The molecule has 0 aliphatic rings. The van der Waals surface area contributed by atoms with Crippen molar-refractivity contribution in [1.29, 1.82) is 0 Å². The van der Waals surface area contributed by atoms with Gasteiger partial charge in [0, 0.05) is 12.5 Å². The number of carbonyl (C=O) groups excluding carboxylic acids is 1. The second-order valence-corrected chi connectivity index (χ2v) is 4.95. The smallest absolute Gasteiger partial charge is 0.419 e. The first-order valence-corrected chi connectivity index (χ1v) is 6.54. The molecule has 0 aliphatic carbocycles. The first kappa shape index (κ1) is 20.5. The third kappa shape index (κ3) is 7.00. The van der Waals surface area contributed by atoms with Gasteiger partial charge in [-0.05, 0) is 26.0 Å². The third-order valence-corrected chi connectivity index (χ3v) is 2.60. The first-order chi connectivity index (χ1) is 9.70. The van der Waals surface area contributed by atoms with Crippen molar-refractivity contribution in [2.75, 3.05) is 6.61 Å². The quantitative estimate of drug-likeness (QED) is 0.837. The molecule has 0 fully saturated rings. The number of amides is 1. The van der Waals surface area contributed by atoms with Crippen LogP contribution in [0.3, 0.4) is 0 Å². The number of nitrogens with one attached hydrogen (secondary N) is 1. The molecule has 0 saturated carbocycles. The zero-order chi connectivity index (χ0) is 16.0. The maximum Gasteiger partial charge on any atom is 0.419 e. The minimum Gasteiger partial charge on any atom is -0.491 e. The maximum absolute atomic E-state index is 12.8. The Kier molecular flexibility index (Phi) is 8.26. The van der Waals surface area contributed by atoms with Crippen molar-refractivity contribution in [2.24, 2.45) is 5.73 Å². The molecular formula is C14H20ClF3N2O2. The Morgan fingerprint density at radius 3 is 2.45 bits per heavy atom. The number of para-hydroxylation sites is 1. The van der Waals surface area contributed by atoms with Crippen LogP contribution in [0.4, 0.5) is 13.2 Å². The van der Waals surface area contributed by atoms with Crippen LogP contribution in [0.2, 0.25) is 0 Å². The molecule has 0 bridgehead atoms. The van der Waals surface area contributed by atoms with Gasteiger partial charge in [0.1, 0.15) is 12.4 Å². The standard InChI is InChI=1S/C14H19F3N2O2.ClH/c1-9(18)7-13(20)19-10(2)8-21-12-6-4-3-5-11(12)14(15,16)17;/h3-6,9-10H,7-8,18H2,1-2H3,(H,19,20);1H. The first-order valence-electron chi connectivity index (χ1n) is 6.54. The van der Waals surface area contributed by atoms with Gasteiger partial charge >= 0.3 is 6.18 Å². The number of carbonyl (C=O) groups is 1. The maximum atomic E-state index is 12.8. The monoisotopic (exact) mass is 340 g/mol. The summed E-state index contributed by atoms with van der Waals surface area (Å²) in [6.07, 6.45) is -4.32. The van der Waals surface area contributed by atoms with Crippen LogP contribution in [0.5, 0.6) is 5.75 Å². The zero-order valence-electron chi connectivity index (χ0n) is 12.3. The number of hydrogen-bond acceptors (Lipinski definition) is 3. The molecule has 0 heterocycles. The van der Waals surface area contributed by atoms with E-state index in [0.717, 1.165) is 6.07 Å². The van der Waals surface area contributed by atoms with Crippen molar-refractivity contribution in [1.82, 2.24) is 5.32 Å². The molecule has 1 amide bonds. The Bertz CT molecular complexity index is 481. The van der Waals surface area contributed by atoms with Gasteiger partial charge in [0.15, 0.2) is 0 Å². The van der Waals surface area contributed by atoms with Crippen molar-refractivity contribution < 1.29 is 22.7 Å². The summed E-state index contributed by atoms with van der Waals surface area (Å²) in [5.41, 5.74) is 4.65. The van der Waals surface area contributed by atoms with E-state index in [-0.39, 0.29) is 43.1 Å². The molecular weight excluding hydrogens is 321 g/mol. The van der Waals surface area contributed by atoms with Gasteiger partial charge in [0.05, 0.1) is 11.6 Å². The summed E-state index contributed by atoms with van der Waals surface area (Å²) >= 11 is 0. The minimum atomic E-state index is -4.47. The number of ether oxygens (including phenoxy) is 1. The lowest BCUT2D eigenvalue weighted by Crippen LogP contribution is -2.39. The number of rotatable bonds is 6. The van der Waals surface area contributed by atoms with Gasteiger partial charge in [-0.25, -0.2) is 0 Å². The van der Waals surface area contributed by atoms with Crippen LogP contribution in [0.25, 0.3) is 0 Å². The van der Waals surface area contributed by atoms with Crippen LogP contribution in [0.15, 0.2) is 24.3 Å². The van der Waals surface area contributed by atoms with E-state index >= 15 is 0 Å². The molecule has 0 radical (unpaired) electrons. The van der Waals surface area contributed by atoms with Gasteiger partial charge in [-0.3, -0.25) is 4.79 Å². The van der Waals surface area contributed by atoms with Crippen LogP contribution in [0, 0.1) is 0 Å². The van der Waals surface area contributed by atoms with E-state index in [0.29, 0.717) is 0 Å². The van der Waals surface area contributed by atoms with Crippen LogP contribution in [0.1, 0.15) is 25.8 Å². The summed E-state index contributed by atoms with van der Waals surface area (Å²) < 4.78 is 43.5. The molecule has 126 valence electrons. The molecule has 2 atom stereocenters. The van der Waals surface area contributed by atoms with E-state index in [1.165, 1.54) is 18.2 Å². The topological polar surface area (TPSA) is 64.4 Å². The fraction of sp³-hybridized carbons (Fsp3) is 0.500. The molecule has 1 rings (SSSR count). The van der Waals surface area contributed by atoms with Crippen molar-refractivity contribution in [3.05, 3.63) is 29.8 Å². The fourth-order valence-corrected chi connectivity index (χ4v) is 1.71. The van der Waals surface area contributed by atoms with Crippen LogP contribution in [-0.2, 0) is 11.0 Å². The Labute approximate surface area is 133 Å². The normalized spacial score (nSPS) is 13.7. The van der Waals surface area contributed by atoms with Gasteiger partial charge in [-0.1, -0.05) is 12.1 Å². The van der Waals surface area contributed by atoms with Crippen molar-refractivity contribution >= 4 is 18.3 Å². The lowest BCUT2D eigenvalue weighted by Gasteiger charge is -2.18. The van der Waals surface area contributed by atoms with Gasteiger partial charge in [-0.15, -0.1) is 12.4 Å². The van der Waals surface area contributed by atoms with Crippen molar-refractivity contribution in [2.45, 2.75) is 38.5 Å². The molecule has 8 heteroatoms. The van der Waals surface area contributed by atoms with Crippen LogP contribution < -0.4 is 15.8 Å². The highest BCUT2D eigenvalue weighted by Gasteiger charge is 2.34. The lowest BCUT2D eigenvalue weighted by atomic mass is 10.2. The average molecular weight is 341 g/mol. The predicted octanol–water partition coefficient (Wildman–Crippen LogP) is 2.75. The SMILES string of the molecule is CC(N)CC(=O)NC(C)COc1ccccc1C(F)(F)F.Cl. The molecule has 2 unspecified atom stereocenters. The van der Waals surface area contributed by atoms with Gasteiger partial charge in [0.2, 0.25) is 5.91 Å². The van der Waals surface area contributed by atoms with Crippen molar-refractivity contribution in [3.8, 4) is 5.75 Å². The van der Waals surface area contributed by atoms with Gasteiger partial charge < -0.3 is 15.8 Å². The highest BCUT2D eigenvalue weighted by Crippen LogP contribution is 2.35. The second kappa shape index (κ2) is 8.85. The number of benzene rings is 1. The summed E-state index contributed by atoms with van der Waals surface area (Å²) in [6, 6.07) is 4.27. The molecule has 22 heavy (non-hydrogen) atoms. The van der Waals surface area contributed by atoms with Gasteiger partial charge in [-0.2, -0.15) is 13.2 Å². The molecule has 0 aromatic heterocycles. The molecule has 0 spiro atoms. The summed E-state index contributed by atoms with van der Waals surface area (Å²) in [5.74, 6) is -0.511. The van der Waals surface area contributed by atoms with E-state index < -0.39 is 17.8 Å². The van der Waals surface area contributed by atoms with E-state index in [1.54, 1.807) is 13.8 Å². The average Bonchev–Trinajstić information content (AvgIpc) is 2.34. The molecule has 1 aromatic carbocycles. The fourth-order valence-electron chi connectivity index (χ4n) is 1.71. The van der Waals surface area contributed by atoms with E-state index in [2.05, 4.69) is 5.32 Å². The minimum absolute atomic E-state index is 0. The number of nitrogens with two attached hydrogens (primary N) is 1. The summed E-state index contributed by atoms with van der Waals surface area (Å²) in [6.45, 7) is 3.29. The summed E-state index contributed by atoms with van der Waals surface area (Å²) in [7, 11) is 0. The Balaban J connectivity index is 0.00000441. The number of alkyl halides is 3. The summed E-state index contributed by atoms with van der Waals surface area (Å²) in [4.78, 5) is 11.5. The molecule has 3 N–H and O–H groups in total. The highest BCUT2D eigenvalue weighted by atomic mass is 35.5. The zero-order valence-corrected chi connectivity index (χ0v) is 13.1. The predicted molar refractivity (Wildman–Crippen MR) is 80.1 cm³/mol. The molecule has 1 aromatic rings. The van der Waals surface area contributed by atoms with E-state index in [4.69, 9.17) is 10.5 Å². The van der Waals surface area contributed by atoms with Crippen LogP contribution in [-0.4, -0.2) is 24.6 Å². The highest BCUT2D eigenvalue weighted by molar-refractivity contribution is 5.85. The second-order valence-electron chi connectivity index (χ2n) is 4.95. The summed E-state index contributed by atoms with van der Waals surface area (Å²) in [5, 5.41) is 2.61. The number of hydrogen-bond donors (Lipinski definition) is 2. The van der Waals surface area contributed by atoms with E-state index in [1.807, 2.05) is 0 Å². The lowest BCUT2D eigenvalue weighted by molar-refractivity contribution is -0.139. The van der Waals surface area contributed by atoms with Crippen LogP contribution >= 0.6 is 12.4 Å². The largest absolute Gasteiger partial charge is 0.491 e. The number of halogens is 4. The van der Waals surface area contributed by atoms with E-state index in [9.17, 15) is 18.0 Å².